The fraction of sp³-hybridized carbons (Fsp3) is 0. The standard InChI is InChI=1S/C10H5ClFN3O4/c11-6-4-14(13-9(6)10(16)17)8-2-1-5(15(18)19)3-7(8)12/h1-4H,(H,16,17). The molecule has 1 heterocycles. The molecule has 1 aromatic heterocycles. The number of non-ortho nitro benzene ring substituents is 1. The second-order valence-electron chi connectivity index (χ2n) is 3.47. The molecule has 1 N–H and O–H groups in total. The lowest BCUT2D eigenvalue weighted by atomic mass is 10.2. The molecule has 98 valence electrons. The lowest BCUT2D eigenvalue weighted by Crippen LogP contribution is -2.03. The zero-order chi connectivity index (χ0) is 14.2. The second kappa shape index (κ2) is 4.65. The Kier molecular flexibility index (Phi) is 3.17. The van der Waals surface area contributed by atoms with Crippen LogP contribution in [-0.4, -0.2) is 25.8 Å². The van der Waals surface area contributed by atoms with E-state index >= 15 is 0 Å². The number of aromatic carboxylic acids is 1. The highest BCUT2D eigenvalue weighted by Gasteiger charge is 2.18. The molecule has 2 aromatic rings. The number of halogens is 2. The number of carboxylic acid groups (broad SMARTS) is 1. The summed E-state index contributed by atoms with van der Waals surface area (Å²) < 4.78 is 14.6. The van der Waals surface area contributed by atoms with Crippen LogP contribution in [0, 0.1) is 15.9 Å². The smallest absolute Gasteiger partial charge is 0.357 e. The summed E-state index contributed by atoms with van der Waals surface area (Å²) in [5.41, 5.74) is -0.989. The molecule has 2 rings (SSSR count). The fourth-order valence-electron chi connectivity index (χ4n) is 1.42. The van der Waals surface area contributed by atoms with Crippen molar-refractivity contribution in [1.29, 1.82) is 0 Å². The minimum absolute atomic E-state index is 0.139. The number of nitrogens with zero attached hydrogens (tertiary/aromatic N) is 3. The number of aromatic nitrogens is 2. The molecular formula is C10H5ClFN3O4. The maximum Gasteiger partial charge on any atom is 0.357 e. The lowest BCUT2D eigenvalue weighted by Gasteiger charge is -2.02. The van der Waals surface area contributed by atoms with Gasteiger partial charge in [0.1, 0.15) is 5.69 Å². The first-order valence-corrected chi connectivity index (χ1v) is 5.20. The summed E-state index contributed by atoms with van der Waals surface area (Å²) in [6.45, 7) is 0. The highest BCUT2D eigenvalue weighted by atomic mass is 35.5. The van der Waals surface area contributed by atoms with Crippen molar-refractivity contribution in [3.05, 3.63) is 51.0 Å². The van der Waals surface area contributed by atoms with Gasteiger partial charge in [-0.1, -0.05) is 11.6 Å². The van der Waals surface area contributed by atoms with E-state index in [0.717, 1.165) is 23.0 Å². The van der Waals surface area contributed by atoms with Gasteiger partial charge in [-0.2, -0.15) is 5.10 Å². The molecule has 19 heavy (non-hydrogen) atoms. The van der Waals surface area contributed by atoms with Gasteiger partial charge in [-0.25, -0.2) is 13.9 Å². The Morgan fingerprint density at radius 1 is 1.53 bits per heavy atom. The Hall–Kier alpha value is -2.48. The van der Waals surface area contributed by atoms with Crippen LogP contribution in [0.25, 0.3) is 5.69 Å². The molecule has 0 aliphatic carbocycles. The first-order chi connectivity index (χ1) is 8.90. The number of nitro benzene ring substituents is 1. The fourth-order valence-corrected chi connectivity index (χ4v) is 1.63. The van der Waals surface area contributed by atoms with Crippen LogP contribution in [0.3, 0.4) is 0 Å². The van der Waals surface area contributed by atoms with Crippen molar-refractivity contribution in [2.24, 2.45) is 0 Å². The van der Waals surface area contributed by atoms with Gasteiger partial charge in [0, 0.05) is 6.07 Å². The molecular weight excluding hydrogens is 281 g/mol. The molecule has 7 nitrogen and oxygen atoms in total. The summed E-state index contributed by atoms with van der Waals surface area (Å²) in [5.74, 6) is -2.27. The van der Waals surface area contributed by atoms with E-state index in [-0.39, 0.29) is 10.7 Å². The maximum atomic E-state index is 13.7. The molecule has 0 aliphatic rings. The summed E-state index contributed by atoms with van der Waals surface area (Å²) in [6, 6.07) is 2.90. The topological polar surface area (TPSA) is 98.3 Å². The Bertz CT molecular complexity index is 685. The summed E-state index contributed by atoms with van der Waals surface area (Å²) in [4.78, 5) is 20.5. The maximum absolute atomic E-state index is 13.7. The average molecular weight is 286 g/mol. The van der Waals surface area contributed by atoms with E-state index in [1.54, 1.807) is 0 Å². The van der Waals surface area contributed by atoms with Gasteiger partial charge in [0.05, 0.1) is 22.2 Å². The van der Waals surface area contributed by atoms with Crippen LogP contribution < -0.4 is 0 Å². The van der Waals surface area contributed by atoms with Gasteiger partial charge in [0.25, 0.3) is 5.69 Å². The molecule has 0 amide bonds. The number of carbonyl (C=O) groups is 1. The molecule has 0 fully saturated rings. The van der Waals surface area contributed by atoms with Crippen molar-refractivity contribution in [3.8, 4) is 5.69 Å². The van der Waals surface area contributed by atoms with Crippen molar-refractivity contribution in [3.63, 3.8) is 0 Å². The summed E-state index contributed by atoms with van der Waals surface area (Å²) in [5, 5.41) is 22.7. The molecule has 0 saturated carbocycles. The van der Waals surface area contributed by atoms with E-state index in [0.29, 0.717) is 6.07 Å². The van der Waals surface area contributed by atoms with Gasteiger partial charge in [-0.05, 0) is 6.07 Å². The highest BCUT2D eigenvalue weighted by molar-refractivity contribution is 6.33. The largest absolute Gasteiger partial charge is 0.476 e. The van der Waals surface area contributed by atoms with Crippen LogP contribution in [0.2, 0.25) is 5.02 Å². The van der Waals surface area contributed by atoms with Crippen LogP contribution >= 0.6 is 11.6 Å². The van der Waals surface area contributed by atoms with E-state index in [2.05, 4.69) is 5.10 Å². The third-order valence-corrected chi connectivity index (χ3v) is 2.54. The number of benzene rings is 1. The minimum Gasteiger partial charge on any atom is -0.476 e. The first kappa shape index (κ1) is 13.0. The van der Waals surface area contributed by atoms with E-state index in [9.17, 15) is 19.3 Å². The molecule has 1 aromatic carbocycles. The third kappa shape index (κ3) is 2.38. The van der Waals surface area contributed by atoms with Crippen molar-refractivity contribution in [2.75, 3.05) is 0 Å². The van der Waals surface area contributed by atoms with Crippen LogP contribution in [0.15, 0.2) is 24.4 Å². The number of carboxylic acids is 1. The molecule has 0 radical (unpaired) electrons. The summed E-state index contributed by atoms with van der Waals surface area (Å²) >= 11 is 5.63. The number of hydrogen-bond acceptors (Lipinski definition) is 4. The zero-order valence-electron chi connectivity index (χ0n) is 9.08. The van der Waals surface area contributed by atoms with Gasteiger partial charge in [0.15, 0.2) is 11.5 Å². The van der Waals surface area contributed by atoms with E-state index in [4.69, 9.17) is 16.7 Å². The monoisotopic (exact) mass is 285 g/mol. The van der Waals surface area contributed by atoms with E-state index in [1.807, 2.05) is 0 Å². The minimum atomic E-state index is -1.36. The van der Waals surface area contributed by atoms with Crippen molar-refractivity contribution >= 4 is 23.3 Å². The van der Waals surface area contributed by atoms with Crippen LogP contribution in [0.1, 0.15) is 10.5 Å². The predicted octanol–water partition coefficient (Wildman–Crippen LogP) is 2.27. The van der Waals surface area contributed by atoms with Gasteiger partial charge >= 0.3 is 5.97 Å². The van der Waals surface area contributed by atoms with Gasteiger partial charge in [-0.3, -0.25) is 10.1 Å². The van der Waals surface area contributed by atoms with Gasteiger partial charge in [0.2, 0.25) is 0 Å². The van der Waals surface area contributed by atoms with E-state index < -0.39 is 28.1 Å². The average Bonchev–Trinajstić information content (AvgIpc) is 2.71. The molecule has 0 saturated heterocycles. The van der Waals surface area contributed by atoms with E-state index in [1.165, 1.54) is 0 Å². The molecule has 0 atom stereocenters. The molecule has 0 bridgehead atoms. The SMILES string of the molecule is O=C(O)c1nn(-c2ccc([N+](=O)[O-])cc2F)cc1Cl. The number of rotatable bonds is 3. The zero-order valence-corrected chi connectivity index (χ0v) is 9.83. The number of nitro groups is 1. The summed E-state index contributed by atoms with van der Waals surface area (Å²) in [6.07, 6.45) is 1.11. The van der Waals surface area contributed by atoms with Gasteiger partial charge in [-0.15, -0.1) is 0 Å². The van der Waals surface area contributed by atoms with Crippen molar-refractivity contribution < 1.29 is 19.2 Å². The van der Waals surface area contributed by atoms with Crippen LogP contribution in [-0.2, 0) is 0 Å². The number of hydrogen-bond donors (Lipinski definition) is 1. The van der Waals surface area contributed by atoms with Crippen LogP contribution in [0.5, 0.6) is 0 Å². The molecule has 0 aliphatic heterocycles. The predicted molar refractivity (Wildman–Crippen MR) is 62.1 cm³/mol. The Labute approximate surface area is 110 Å². The Balaban J connectivity index is 2.50. The van der Waals surface area contributed by atoms with Crippen LogP contribution in [0.4, 0.5) is 10.1 Å². The Morgan fingerprint density at radius 2 is 2.21 bits per heavy atom. The Morgan fingerprint density at radius 3 is 2.68 bits per heavy atom. The van der Waals surface area contributed by atoms with Crippen molar-refractivity contribution in [1.82, 2.24) is 9.78 Å². The first-order valence-electron chi connectivity index (χ1n) is 4.83. The third-order valence-electron chi connectivity index (χ3n) is 2.26. The second-order valence-corrected chi connectivity index (χ2v) is 3.88. The lowest BCUT2D eigenvalue weighted by molar-refractivity contribution is -0.385. The molecule has 0 spiro atoms. The molecule has 9 heteroatoms. The quantitative estimate of drug-likeness (QED) is 0.689. The summed E-state index contributed by atoms with van der Waals surface area (Å²) in [7, 11) is 0. The molecule has 0 unspecified atom stereocenters. The normalized spacial score (nSPS) is 10.4. The van der Waals surface area contributed by atoms with Crippen molar-refractivity contribution in [2.45, 2.75) is 0 Å². The highest BCUT2D eigenvalue weighted by Crippen LogP contribution is 2.22. The van der Waals surface area contributed by atoms with Gasteiger partial charge < -0.3 is 5.11 Å².